The van der Waals surface area contributed by atoms with Crippen LogP contribution in [0.25, 0.3) is 11.1 Å². The molecule has 25 heavy (non-hydrogen) atoms. The molecule has 0 saturated carbocycles. The zero-order chi connectivity index (χ0) is 17.5. The van der Waals surface area contributed by atoms with E-state index < -0.39 is 0 Å². The van der Waals surface area contributed by atoms with Gasteiger partial charge in [-0.2, -0.15) is 0 Å². The van der Waals surface area contributed by atoms with Crippen LogP contribution < -0.4 is 4.74 Å². The van der Waals surface area contributed by atoms with Crippen molar-refractivity contribution in [2.45, 2.75) is 6.42 Å². The van der Waals surface area contributed by atoms with Crippen molar-refractivity contribution in [3.8, 4) is 16.9 Å². The van der Waals surface area contributed by atoms with Gasteiger partial charge < -0.3 is 14.4 Å². The third kappa shape index (κ3) is 4.74. The second-order valence-corrected chi connectivity index (χ2v) is 6.28. The lowest BCUT2D eigenvalue weighted by Crippen LogP contribution is -2.40. The lowest BCUT2D eigenvalue weighted by Gasteiger charge is -2.26. The minimum atomic E-state index is 0.0675. The van der Waals surface area contributed by atoms with E-state index in [4.69, 9.17) is 21.1 Å². The number of ether oxygens (including phenoxy) is 2. The Morgan fingerprint density at radius 1 is 1.00 bits per heavy atom. The smallest absolute Gasteiger partial charge is 0.254 e. The summed E-state index contributed by atoms with van der Waals surface area (Å²) in [4.78, 5) is 14.3. The Balaban J connectivity index is 1.64. The van der Waals surface area contributed by atoms with Crippen LogP contribution in [-0.2, 0) is 4.74 Å². The average molecular weight is 360 g/mol. The van der Waals surface area contributed by atoms with E-state index in [-0.39, 0.29) is 5.91 Å². The van der Waals surface area contributed by atoms with Gasteiger partial charge in [0.05, 0.1) is 19.8 Å². The second kappa shape index (κ2) is 8.88. The average Bonchev–Trinajstić information content (AvgIpc) is 2.69. The van der Waals surface area contributed by atoms with E-state index in [0.717, 1.165) is 23.3 Å². The molecule has 0 N–H and O–H groups in total. The molecule has 0 aliphatic carbocycles. The highest BCUT2D eigenvalue weighted by Crippen LogP contribution is 2.23. The molecule has 1 amide bonds. The first-order valence-corrected chi connectivity index (χ1v) is 9.07. The van der Waals surface area contributed by atoms with Crippen LogP contribution >= 0.6 is 11.6 Å². The van der Waals surface area contributed by atoms with E-state index in [9.17, 15) is 4.79 Å². The lowest BCUT2D eigenvalue weighted by molar-refractivity contribution is 0.0303. The van der Waals surface area contributed by atoms with Gasteiger partial charge in [0, 0.05) is 24.5 Å². The summed E-state index contributed by atoms with van der Waals surface area (Å²) in [6, 6.07) is 15.7. The van der Waals surface area contributed by atoms with Crippen molar-refractivity contribution in [3.63, 3.8) is 0 Å². The SMILES string of the molecule is O=C(c1ccc(-c2ccc(OCCCCl)cc2)cc1)N1CCOCC1. The van der Waals surface area contributed by atoms with E-state index in [2.05, 4.69) is 0 Å². The fraction of sp³-hybridized carbons (Fsp3) is 0.350. The third-order valence-electron chi connectivity index (χ3n) is 4.16. The number of rotatable bonds is 6. The van der Waals surface area contributed by atoms with Gasteiger partial charge in [0.25, 0.3) is 5.91 Å². The molecule has 1 aliphatic rings. The molecule has 1 aliphatic heterocycles. The van der Waals surface area contributed by atoms with Gasteiger partial charge in [-0.1, -0.05) is 24.3 Å². The molecule has 0 radical (unpaired) electrons. The highest BCUT2D eigenvalue weighted by Gasteiger charge is 2.18. The fourth-order valence-electron chi connectivity index (χ4n) is 2.74. The van der Waals surface area contributed by atoms with Crippen molar-refractivity contribution < 1.29 is 14.3 Å². The van der Waals surface area contributed by atoms with Crippen LogP contribution in [0.2, 0.25) is 0 Å². The molecule has 5 heteroatoms. The summed E-state index contributed by atoms with van der Waals surface area (Å²) in [6.07, 6.45) is 0.835. The molecule has 0 aromatic heterocycles. The number of morpholine rings is 1. The molecule has 0 bridgehead atoms. The largest absolute Gasteiger partial charge is 0.494 e. The Morgan fingerprint density at radius 2 is 1.60 bits per heavy atom. The maximum atomic E-state index is 12.5. The molecule has 2 aromatic carbocycles. The van der Waals surface area contributed by atoms with Gasteiger partial charge in [-0.25, -0.2) is 0 Å². The summed E-state index contributed by atoms with van der Waals surface area (Å²) < 4.78 is 10.9. The zero-order valence-corrected chi connectivity index (χ0v) is 14.9. The monoisotopic (exact) mass is 359 g/mol. The highest BCUT2D eigenvalue weighted by atomic mass is 35.5. The number of amides is 1. The van der Waals surface area contributed by atoms with Crippen molar-refractivity contribution in [1.29, 1.82) is 0 Å². The van der Waals surface area contributed by atoms with Gasteiger partial charge in [-0.3, -0.25) is 4.79 Å². The van der Waals surface area contributed by atoms with E-state index in [0.29, 0.717) is 44.4 Å². The molecule has 4 nitrogen and oxygen atoms in total. The van der Waals surface area contributed by atoms with Gasteiger partial charge in [-0.05, 0) is 41.8 Å². The summed E-state index contributed by atoms with van der Waals surface area (Å²) in [5.74, 6) is 1.51. The molecule has 1 heterocycles. The Bertz CT molecular complexity index is 679. The summed E-state index contributed by atoms with van der Waals surface area (Å²) >= 11 is 5.64. The van der Waals surface area contributed by atoms with Crippen LogP contribution in [0.15, 0.2) is 48.5 Å². The maximum absolute atomic E-state index is 12.5. The number of halogens is 1. The zero-order valence-electron chi connectivity index (χ0n) is 14.1. The number of alkyl halides is 1. The van der Waals surface area contributed by atoms with E-state index in [1.807, 2.05) is 53.4 Å². The van der Waals surface area contributed by atoms with E-state index in [1.165, 1.54) is 0 Å². The minimum absolute atomic E-state index is 0.0675. The molecule has 132 valence electrons. The number of carbonyl (C=O) groups excluding carboxylic acids is 1. The van der Waals surface area contributed by atoms with Gasteiger partial charge in [-0.15, -0.1) is 11.6 Å². The first kappa shape index (κ1) is 17.8. The van der Waals surface area contributed by atoms with E-state index in [1.54, 1.807) is 0 Å². The fourth-order valence-corrected chi connectivity index (χ4v) is 2.85. The Labute approximate surface area is 153 Å². The quantitative estimate of drug-likeness (QED) is 0.581. The first-order valence-electron chi connectivity index (χ1n) is 8.54. The molecule has 2 aromatic rings. The van der Waals surface area contributed by atoms with Crippen molar-refractivity contribution in [3.05, 3.63) is 54.1 Å². The summed E-state index contributed by atoms with van der Waals surface area (Å²) in [6.45, 7) is 3.17. The molecule has 3 rings (SSSR count). The predicted molar refractivity (Wildman–Crippen MR) is 99.4 cm³/mol. The minimum Gasteiger partial charge on any atom is -0.494 e. The maximum Gasteiger partial charge on any atom is 0.254 e. The van der Waals surface area contributed by atoms with Crippen LogP contribution in [0.1, 0.15) is 16.8 Å². The summed E-state index contributed by atoms with van der Waals surface area (Å²) in [5, 5.41) is 0. The molecule has 0 unspecified atom stereocenters. The third-order valence-corrected chi connectivity index (χ3v) is 4.43. The van der Waals surface area contributed by atoms with Crippen molar-refractivity contribution in [1.82, 2.24) is 4.90 Å². The number of benzene rings is 2. The standard InChI is InChI=1S/C20H22ClNO3/c21-10-1-13-25-19-8-6-17(7-9-19)16-2-4-18(5-3-16)20(23)22-11-14-24-15-12-22/h2-9H,1,10-15H2. The summed E-state index contributed by atoms with van der Waals surface area (Å²) in [5.41, 5.74) is 2.88. The van der Waals surface area contributed by atoms with Crippen LogP contribution in [0.4, 0.5) is 0 Å². The molecule has 0 atom stereocenters. The Hall–Kier alpha value is -2.04. The number of hydrogen-bond donors (Lipinski definition) is 0. The predicted octanol–water partition coefficient (Wildman–Crippen LogP) is 3.83. The Kier molecular flexibility index (Phi) is 6.31. The van der Waals surface area contributed by atoms with Crippen LogP contribution in [0, 0.1) is 0 Å². The van der Waals surface area contributed by atoms with Crippen molar-refractivity contribution in [2.75, 3.05) is 38.8 Å². The first-order chi connectivity index (χ1) is 12.3. The number of carbonyl (C=O) groups is 1. The van der Waals surface area contributed by atoms with Gasteiger partial charge >= 0.3 is 0 Å². The molecule has 0 spiro atoms. The summed E-state index contributed by atoms with van der Waals surface area (Å²) in [7, 11) is 0. The van der Waals surface area contributed by atoms with Gasteiger partial charge in [0.15, 0.2) is 0 Å². The van der Waals surface area contributed by atoms with Crippen LogP contribution in [-0.4, -0.2) is 49.6 Å². The van der Waals surface area contributed by atoms with Crippen molar-refractivity contribution >= 4 is 17.5 Å². The molecule has 1 saturated heterocycles. The van der Waals surface area contributed by atoms with Crippen molar-refractivity contribution in [2.24, 2.45) is 0 Å². The van der Waals surface area contributed by atoms with E-state index >= 15 is 0 Å². The van der Waals surface area contributed by atoms with Crippen LogP contribution in [0.5, 0.6) is 5.75 Å². The molecular weight excluding hydrogens is 338 g/mol. The second-order valence-electron chi connectivity index (χ2n) is 5.90. The number of nitrogens with zero attached hydrogens (tertiary/aromatic N) is 1. The van der Waals surface area contributed by atoms with Gasteiger partial charge in [0.1, 0.15) is 5.75 Å². The van der Waals surface area contributed by atoms with Gasteiger partial charge in [0.2, 0.25) is 0 Å². The topological polar surface area (TPSA) is 38.8 Å². The normalized spacial score (nSPS) is 14.4. The Morgan fingerprint density at radius 3 is 2.20 bits per heavy atom. The lowest BCUT2D eigenvalue weighted by atomic mass is 10.0. The molecule has 1 fully saturated rings. The van der Waals surface area contributed by atoms with Crippen LogP contribution in [0.3, 0.4) is 0 Å². The molecular formula is C20H22ClNO3. The highest BCUT2D eigenvalue weighted by molar-refractivity contribution is 6.17. The number of hydrogen-bond acceptors (Lipinski definition) is 3.